The number of hydrogen-bond acceptors (Lipinski definition) is 4. The minimum atomic E-state index is -0.482. The highest BCUT2D eigenvalue weighted by Gasteiger charge is 2.22. The highest BCUT2D eigenvalue weighted by atomic mass is 16.5. The zero-order valence-corrected chi connectivity index (χ0v) is 15.5. The Morgan fingerprint density at radius 3 is 2.67 bits per heavy atom. The number of ether oxygens (including phenoxy) is 1. The van der Waals surface area contributed by atoms with Crippen molar-refractivity contribution in [2.75, 3.05) is 16.8 Å². The quantitative estimate of drug-likeness (QED) is 0.663. The number of para-hydroxylation sites is 1. The van der Waals surface area contributed by atoms with Crippen LogP contribution in [0.4, 0.5) is 11.4 Å². The Hall–Kier alpha value is -3.15. The lowest BCUT2D eigenvalue weighted by Gasteiger charge is -2.29. The Morgan fingerprint density at radius 2 is 1.93 bits per heavy atom. The van der Waals surface area contributed by atoms with Crippen LogP contribution in [0.1, 0.15) is 42.6 Å². The molecule has 0 bridgehead atoms. The molecule has 0 saturated carbocycles. The van der Waals surface area contributed by atoms with Gasteiger partial charge in [0.2, 0.25) is 5.91 Å². The number of amides is 2. The number of anilines is 2. The van der Waals surface area contributed by atoms with Gasteiger partial charge in [-0.1, -0.05) is 19.1 Å². The molecule has 2 amide bonds. The van der Waals surface area contributed by atoms with Crippen molar-refractivity contribution in [1.29, 1.82) is 0 Å². The van der Waals surface area contributed by atoms with Crippen molar-refractivity contribution >= 4 is 29.2 Å². The zero-order valence-electron chi connectivity index (χ0n) is 15.5. The van der Waals surface area contributed by atoms with Gasteiger partial charge in [-0.2, -0.15) is 0 Å². The normalized spacial score (nSPS) is 12.9. The van der Waals surface area contributed by atoms with E-state index in [0.29, 0.717) is 12.1 Å². The van der Waals surface area contributed by atoms with Crippen LogP contribution in [-0.4, -0.2) is 24.3 Å². The minimum Gasteiger partial charge on any atom is -0.426 e. The second-order valence-corrected chi connectivity index (χ2v) is 6.39. The van der Waals surface area contributed by atoms with Gasteiger partial charge in [-0.05, 0) is 48.7 Å². The van der Waals surface area contributed by atoms with E-state index in [0.717, 1.165) is 30.6 Å². The topological polar surface area (TPSA) is 75.7 Å². The molecule has 27 heavy (non-hydrogen) atoms. The summed E-state index contributed by atoms with van der Waals surface area (Å²) in [5, 5.41) is 2.85. The van der Waals surface area contributed by atoms with E-state index in [-0.39, 0.29) is 23.1 Å². The fourth-order valence-electron chi connectivity index (χ4n) is 3.22. The molecular formula is C21H22N2O4. The van der Waals surface area contributed by atoms with E-state index in [2.05, 4.69) is 5.32 Å². The lowest BCUT2D eigenvalue weighted by molar-refractivity contribution is -0.131. The number of esters is 1. The van der Waals surface area contributed by atoms with E-state index >= 15 is 0 Å². The first-order valence-electron chi connectivity index (χ1n) is 9.01. The first kappa shape index (κ1) is 18.6. The lowest BCUT2D eigenvalue weighted by Crippen LogP contribution is -2.34. The number of nitrogens with zero attached hydrogens (tertiary/aromatic N) is 1. The van der Waals surface area contributed by atoms with Gasteiger partial charge < -0.3 is 15.0 Å². The Bertz CT molecular complexity index is 892. The predicted molar refractivity (Wildman–Crippen MR) is 103 cm³/mol. The van der Waals surface area contributed by atoms with E-state index in [1.807, 2.05) is 19.1 Å². The van der Waals surface area contributed by atoms with Crippen molar-refractivity contribution in [3.8, 4) is 5.75 Å². The Morgan fingerprint density at radius 1 is 1.15 bits per heavy atom. The number of nitrogens with one attached hydrogen (secondary N) is 1. The molecule has 0 spiro atoms. The highest BCUT2D eigenvalue weighted by Crippen LogP contribution is 2.30. The molecule has 0 fully saturated rings. The van der Waals surface area contributed by atoms with Crippen molar-refractivity contribution in [2.24, 2.45) is 0 Å². The van der Waals surface area contributed by atoms with Gasteiger partial charge in [-0.3, -0.25) is 14.4 Å². The molecule has 0 atom stereocenters. The summed E-state index contributed by atoms with van der Waals surface area (Å²) in [6, 6.07) is 12.2. The molecule has 2 aromatic rings. The molecule has 1 heterocycles. The first-order chi connectivity index (χ1) is 13.0. The first-order valence-corrected chi connectivity index (χ1v) is 9.01. The fourth-order valence-corrected chi connectivity index (χ4v) is 3.22. The number of aryl methyl sites for hydroxylation is 1. The van der Waals surface area contributed by atoms with Gasteiger partial charge >= 0.3 is 5.97 Å². The van der Waals surface area contributed by atoms with Crippen LogP contribution in [0.25, 0.3) is 0 Å². The Balaban J connectivity index is 1.82. The third kappa shape index (κ3) is 4.16. The minimum absolute atomic E-state index is 0.100. The summed E-state index contributed by atoms with van der Waals surface area (Å²) in [4.78, 5) is 37.8. The number of carbonyl (C=O) groups excluding carboxylic acids is 3. The average Bonchev–Trinajstić information content (AvgIpc) is 2.66. The van der Waals surface area contributed by atoms with Crippen LogP contribution in [0.15, 0.2) is 42.5 Å². The largest absolute Gasteiger partial charge is 0.426 e. The maximum atomic E-state index is 12.6. The summed E-state index contributed by atoms with van der Waals surface area (Å²) in [7, 11) is 0. The standard InChI is InChI=1S/C21H22N2O4/c1-3-20(25)23-12-6-7-15-13-16(10-11-18(15)23)22-21(26)17-8-4-5-9-19(17)27-14(2)24/h4-5,8-11,13H,3,6-7,12H2,1-2H3,(H,22,26). The smallest absolute Gasteiger partial charge is 0.308 e. The number of rotatable bonds is 4. The van der Waals surface area contributed by atoms with Gasteiger partial charge in [0.1, 0.15) is 5.75 Å². The van der Waals surface area contributed by atoms with Gasteiger partial charge in [0, 0.05) is 31.3 Å². The van der Waals surface area contributed by atoms with Crippen LogP contribution in [0.5, 0.6) is 5.75 Å². The monoisotopic (exact) mass is 366 g/mol. The third-order valence-corrected chi connectivity index (χ3v) is 4.44. The Labute approximate surface area is 158 Å². The van der Waals surface area contributed by atoms with Crippen LogP contribution >= 0.6 is 0 Å². The van der Waals surface area contributed by atoms with Crippen LogP contribution in [-0.2, 0) is 16.0 Å². The van der Waals surface area contributed by atoms with E-state index in [4.69, 9.17) is 4.74 Å². The van der Waals surface area contributed by atoms with Crippen LogP contribution in [0.2, 0.25) is 0 Å². The van der Waals surface area contributed by atoms with E-state index < -0.39 is 5.97 Å². The van der Waals surface area contributed by atoms with Crippen molar-refractivity contribution in [1.82, 2.24) is 0 Å². The molecule has 3 rings (SSSR count). The van der Waals surface area contributed by atoms with E-state index in [9.17, 15) is 14.4 Å². The molecule has 2 aromatic carbocycles. The van der Waals surface area contributed by atoms with Crippen molar-refractivity contribution in [3.05, 3.63) is 53.6 Å². The molecule has 0 aliphatic carbocycles. The third-order valence-electron chi connectivity index (χ3n) is 4.44. The van der Waals surface area contributed by atoms with Crippen molar-refractivity contribution < 1.29 is 19.1 Å². The molecule has 1 aliphatic heterocycles. The van der Waals surface area contributed by atoms with Gasteiger partial charge in [-0.15, -0.1) is 0 Å². The number of benzene rings is 2. The molecule has 0 radical (unpaired) electrons. The SMILES string of the molecule is CCC(=O)N1CCCc2cc(NC(=O)c3ccccc3OC(C)=O)ccc21. The molecule has 6 heteroatoms. The van der Waals surface area contributed by atoms with Gasteiger partial charge in [-0.25, -0.2) is 0 Å². The molecule has 6 nitrogen and oxygen atoms in total. The predicted octanol–water partition coefficient (Wildman–Crippen LogP) is 3.55. The molecular weight excluding hydrogens is 344 g/mol. The van der Waals surface area contributed by atoms with Crippen molar-refractivity contribution in [3.63, 3.8) is 0 Å². The molecule has 140 valence electrons. The molecule has 0 unspecified atom stereocenters. The van der Waals surface area contributed by atoms with Crippen LogP contribution in [0.3, 0.4) is 0 Å². The molecule has 1 N–H and O–H groups in total. The summed E-state index contributed by atoms with van der Waals surface area (Å²) in [6.45, 7) is 3.87. The van der Waals surface area contributed by atoms with Crippen LogP contribution < -0.4 is 15.0 Å². The summed E-state index contributed by atoms with van der Waals surface area (Å²) < 4.78 is 5.10. The van der Waals surface area contributed by atoms with Crippen LogP contribution in [0, 0.1) is 0 Å². The number of hydrogen-bond donors (Lipinski definition) is 1. The number of carbonyl (C=O) groups is 3. The summed E-state index contributed by atoms with van der Waals surface area (Å²) in [5.41, 5.74) is 2.87. The highest BCUT2D eigenvalue weighted by molar-refractivity contribution is 6.06. The summed E-state index contributed by atoms with van der Waals surface area (Å²) >= 11 is 0. The second-order valence-electron chi connectivity index (χ2n) is 6.39. The van der Waals surface area contributed by atoms with Gasteiger partial charge in [0.05, 0.1) is 5.56 Å². The van der Waals surface area contributed by atoms with Gasteiger partial charge in [0.15, 0.2) is 0 Å². The fraction of sp³-hybridized carbons (Fsp3) is 0.286. The lowest BCUT2D eigenvalue weighted by atomic mass is 10.0. The molecule has 0 aromatic heterocycles. The van der Waals surface area contributed by atoms with Gasteiger partial charge in [0.25, 0.3) is 5.91 Å². The second kappa shape index (κ2) is 8.03. The summed E-state index contributed by atoms with van der Waals surface area (Å²) in [5.74, 6) is -0.517. The summed E-state index contributed by atoms with van der Waals surface area (Å²) in [6.07, 6.45) is 2.22. The van der Waals surface area contributed by atoms with E-state index in [1.165, 1.54) is 6.92 Å². The molecule has 0 saturated heterocycles. The Kier molecular flexibility index (Phi) is 5.54. The van der Waals surface area contributed by atoms with Crippen molar-refractivity contribution in [2.45, 2.75) is 33.1 Å². The average molecular weight is 366 g/mol. The zero-order chi connectivity index (χ0) is 19.4. The maximum absolute atomic E-state index is 12.6. The molecule has 1 aliphatic rings. The number of fused-ring (bicyclic) bond motifs is 1. The van der Waals surface area contributed by atoms with E-state index in [1.54, 1.807) is 35.2 Å². The maximum Gasteiger partial charge on any atom is 0.308 e.